The Balaban J connectivity index is 1.18. The van der Waals surface area contributed by atoms with E-state index in [-0.39, 0.29) is 11.6 Å². The molecule has 248 valence electrons. The maximum absolute atomic E-state index is 14.4. The van der Waals surface area contributed by atoms with Crippen LogP contribution in [0.5, 0.6) is 5.88 Å². The van der Waals surface area contributed by atoms with Gasteiger partial charge in [0.05, 0.1) is 31.3 Å². The molecule has 0 radical (unpaired) electrons. The Morgan fingerprint density at radius 2 is 1.81 bits per heavy atom. The molecule has 2 aromatic heterocycles. The first kappa shape index (κ1) is 31.9. The smallest absolute Gasteiger partial charge is 0.264 e. The number of allylic oxidation sites excluding steroid dienone is 4. The first-order chi connectivity index (χ1) is 23.1. The molecule has 0 unspecified atom stereocenters. The molecular weight excluding hydrogens is 638 g/mol. The van der Waals surface area contributed by atoms with Crippen LogP contribution in [0.15, 0.2) is 81.3 Å². The summed E-state index contributed by atoms with van der Waals surface area (Å²) in [5, 5.41) is 0. The summed E-state index contributed by atoms with van der Waals surface area (Å²) in [5.74, 6) is -0.783. The van der Waals surface area contributed by atoms with Gasteiger partial charge in [-0.15, -0.1) is 0 Å². The predicted octanol–water partition coefficient (Wildman–Crippen LogP) is 6.31. The number of ether oxygens (including phenoxy) is 1. The van der Waals surface area contributed by atoms with Gasteiger partial charge in [-0.25, -0.2) is 27.2 Å². The summed E-state index contributed by atoms with van der Waals surface area (Å²) in [4.78, 5) is 18.0. The van der Waals surface area contributed by atoms with Crippen LogP contribution in [0.4, 0.5) is 20.2 Å². The van der Waals surface area contributed by atoms with E-state index < -0.39 is 26.6 Å². The SMILES string of the molecule is COc1ncc(-c2ccc3c(c2)C2=C(c4ncc(CN5CCN(C(C)C)CC5)o4)C=CCC2=N3)cc1NS(=O)(=O)c1ccc(F)cc1F. The summed E-state index contributed by atoms with van der Waals surface area (Å²) >= 11 is 0. The predicted molar refractivity (Wildman–Crippen MR) is 180 cm³/mol. The molecule has 7 rings (SSSR count). The minimum atomic E-state index is -4.44. The third-order valence-electron chi connectivity index (χ3n) is 8.78. The van der Waals surface area contributed by atoms with E-state index in [4.69, 9.17) is 14.1 Å². The van der Waals surface area contributed by atoms with Gasteiger partial charge in [0.15, 0.2) is 0 Å². The molecule has 2 aliphatic heterocycles. The van der Waals surface area contributed by atoms with Crippen molar-refractivity contribution in [2.75, 3.05) is 38.0 Å². The van der Waals surface area contributed by atoms with Crippen LogP contribution in [0, 0.1) is 11.6 Å². The van der Waals surface area contributed by atoms with Gasteiger partial charge in [0.25, 0.3) is 10.0 Å². The van der Waals surface area contributed by atoms with Crippen molar-refractivity contribution in [2.45, 2.75) is 37.8 Å². The maximum Gasteiger partial charge on any atom is 0.264 e. The Morgan fingerprint density at radius 1 is 1.00 bits per heavy atom. The zero-order valence-electron chi connectivity index (χ0n) is 26.7. The molecule has 0 spiro atoms. The quantitative estimate of drug-likeness (QED) is 0.220. The number of hydrogen-bond donors (Lipinski definition) is 1. The second-order valence-electron chi connectivity index (χ2n) is 12.2. The minimum absolute atomic E-state index is 0.00500. The molecule has 4 heterocycles. The van der Waals surface area contributed by atoms with Crippen LogP contribution in [-0.4, -0.2) is 73.2 Å². The van der Waals surface area contributed by atoms with Crippen LogP contribution in [-0.2, 0) is 16.6 Å². The average molecular weight is 673 g/mol. The summed E-state index contributed by atoms with van der Waals surface area (Å²) in [6, 6.07) is 10.1. The van der Waals surface area contributed by atoms with Crippen LogP contribution in [0.25, 0.3) is 22.3 Å². The van der Waals surface area contributed by atoms with E-state index in [1.54, 1.807) is 18.5 Å². The number of anilines is 1. The molecule has 0 amide bonds. The van der Waals surface area contributed by atoms with Gasteiger partial charge in [0, 0.05) is 73.2 Å². The molecule has 3 aliphatic rings. The number of rotatable bonds is 9. The van der Waals surface area contributed by atoms with Crippen molar-refractivity contribution in [2.24, 2.45) is 4.99 Å². The molecule has 1 aliphatic carbocycles. The number of halogens is 2. The molecule has 1 saturated heterocycles. The van der Waals surface area contributed by atoms with Crippen molar-refractivity contribution in [3.05, 3.63) is 95.9 Å². The molecule has 0 atom stereocenters. The number of nitrogens with one attached hydrogen (secondary N) is 1. The average Bonchev–Trinajstić information content (AvgIpc) is 3.69. The van der Waals surface area contributed by atoms with Gasteiger partial charge < -0.3 is 9.15 Å². The normalized spacial score (nSPS) is 16.7. The number of pyridine rings is 1. The number of oxazole rings is 1. The van der Waals surface area contributed by atoms with Gasteiger partial charge in [-0.2, -0.15) is 0 Å². The van der Waals surface area contributed by atoms with E-state index in [9.17, 15) is 17.2 Å². The Bertz CT molecular complexity index is 2100. The number of fused-ring (bicyclic) bond motifs is 3. The number of aromatic nitrogens is 2. The van der Waals surface area contributed by atoms with Gasteiger partial charge >= 0.3 is 0 Å². The standard InChI is InChI=1S/C35H34F2N6O4S/c1-21(2)43-13-11-42(12-14-43)20-25-19-39-34(47-25)26-5-4-6-30-33(26)27-15-22(7-9-29(27)40-30)23-16-31(35(46-3)38-18-23)41-48(44,45)32-10-8-24(36)17-28(32)37/h4-5,7-10,15-19,21,41H,6,11-14,20H2,1-3H3. The van der Waals surface area contributed by atoms with Gasteiger partial charge in [0.2, 0.25) is 11.8 Å². The number of nitrogens with zero attached hydrogens (tertiary/aromatic N) is 5. The molecule has 0 bridgehead atoms. The number of sulfonamides is 1. The zero-order valence-corrected chi connectivity index (χ0v) is 27.5. The molecule has 1 fully saturated rings. The van der Waals surface area contributed by atoms with Crippen molar-refractivity contribution in [3.63, 3.8) is 0 Å². The highest BCUT2D eigenvalue weighted by atomic mass is 32.2. The lowest BCUT2D eigenvalue weighted by molar-refractivity contribution is 0.0990. The minimum Gasteiger partial charge on any atom is -0.480 e. The molecule has 10 nitrogen and oxygen atoms in total. The Labute approximate surface area is 277 Å². The second-order valence-corrected chi connectivity index (χ2v) is 13.8. The van der Waals surface area contributed by atoms with Crippen molar-refractivity contribution >= 4 is 38.3 Å². The highest BCUT2D eigenvalue weighted by Crippen LogP contribution is 2.44. The van der Waals surface area contributed by atoms with Crippen LogP contribution in [0.2, 0.25) is 0 Å². The van der Waals surface area contributed by atoms with Crippen LogP contribution < -0.4 is 9.46 Å². The van der Waals surface area contributed by atoms with E-state index in [1.165, 1.54) is 7.11 Å². The molecule has 2 aromatic carbocycles. The summed E-state index contributed by atoms with van der Waals surface area (Å²) < 4.78 is 67.9. The third-order valence-corrected chi connectivity index (χ3v) is 10.2. The third kappa shape index (κ3) is 6.16. The Hall–Kier alpha value is -4.72. The van der Waals surface area contributed by atoms with Crippen molar-refractivity contribution in [3.8, 4) is 17.0 Å². The zero-order chi connectivity index (χ0) is 33.6. The number of methoxy groups -OCH3 is 1. The number of benzene rings is 2. The Kier molecular flexibility index (Phi) is 8.44. The molecule has 13 heteroatoms. The van der Waals surface area contributed by atoms with E-state index in [0.717, 1.165) is 77.7 Å². The molecule has 48 heavy (non-hydrogen) atoms. The van der Waals surface area contributed by atoms with Gasteiger partial charge in [0.1, 0.15) is 28.0 Å². The monoisotopic (exact) mass is 672 g/mol. The summed E-state index contributed by atoms with van der Waals surface area (Å²) in [5.41, 5.74) is 5.68. The molecular formula is C35H34F2N6O4S. The van der Waals surface area contributed by atoms with Crippen LogP contribution >= 0.6 is 0 Å². The highest BCUT2D eigenvalue weighted by Gasteiger charge is 2.29. The number of piperazine rings is 1. The van der Waals surface area contributed by atoms with E-state index in [2.05, 4.69) is 44.4 Å². The summed E-state index contributed by atoms with van der Waals surface area (Å²) in [7, 11) is -3.09. The fourth-order valence-corrected chi connectivity index (χ4v) is 7.38. The maximum atomic E-state index is 14.4. The largest absolute Gasteiger partial charge is 0.480 e. The lowest BCUT2D eigenvalue weighted by atomic mass is 9.90. The van der Waals surface area contributed by atoms with Crippen LogP contribution in [0.3, 0.4) is 0 Å². The highest BCUT2D eigenvalue weighted by molar-refractivity contribution is 7.92. The van der Waals surface area contributed by atoms with Crippen molar-refractivity contribution < 1.29 is 26.4 Å². The Morgan fingerprint density at radius 3 is 2.56 bits per heavy atom. The van der Waals surface area contributed by atoms with Crippen molar-refractivity contribution in [1.82, 2.24) is 19.8 Å². The van der Waals surface area contributed by atoms with Crippen molar-refractivity contribution in [1.29, 1.82) is 0 Å². The fourth-order valence-electron chi connectivity index (χ4n) is 6.27. The van der Waals surface area contributed by atoms with Gasteiger partial charge in [-0.05, 0) is 49.7 Å². The molecule has 4 aromatic rings. The molecule has 0 saturated carbocycles. The first-order valence-electron chi connectivity index (χ1n) is 15.7. The van der Waals surface area contributed by atoms with E-state index in [1.807, 2.05) is 24.3 Å². The molecule has 1 N–H and O–H groups in total. The number of hydrogen-bond acceptors (Lipinski definition) is 9. The van der Waals surface area contributed by atoms with Gasteiger partial charge in [-0.1, -0.05) is 18.2 Å². The first-order valence-corrected chi connectivity index (χ1v) is 17.1. The van der Waals surface area contributed by atoms with E-state index in [0.29, 0.717) is 36.5 Å². The van der Waals surface area contributed by atoms with Crippen LogP contribution in [0.1, 0.15) is 37.5 Å². The van der Waals surface area contributed by atoms with E-state index >= 15 is 0 Å². The topological polar surface area (TPSA) is 113 Å². The second kappa shape index (κ2) is 12.7. The van der Waals surface area contributed by atoms with Gasteiger partial charge in [-0.3, -0.25) is 19.5 Å². The number of aliphatic imine (C=N–C) groups is 1. The summed E-state index contributed by atoms with van der Waals surface area (Å²) in [6.45, 7) is 9.14. The summed E-state index contributed by atoms with van der Waals surface area (Å²) in [6.07, 6.45) is 8.09. The fraction of sp³-hybridized carbons (Fsp3) is 0.286. The lowest BCUT2D eigenvalue weighted by Gasteiger charge is -2.36. The lowest BCUT2D eigenvalue weighted by Crippen LogP contribution is -2.48.